The van der Waals surface area contributed by atoms with E-state index in [-0.39, 0.29) is 5.91 Å². The molecule has 0 aliphatic heterocycles. The van der Waals surface area contributed by atoms with Crippen LogP contribution in [-0.4, -0.2) is 20.7 Å². The first-order valence-corrected chi connectivity index (χ1v) is 9.49. The van der Waals surface area contributed by atoms with Gasteiger partial charge in [-0.15, -0.1) is 16.4 Å². The van der Waals surface area contributed by atoms with Crippen LogP contribution in [0.25, 0.3) is 11.4 Å². The molecule has 5 nitrogen and oxygen atoms in total. The summed E-state index contributed by atoms with van der Waals surface area (Å²) in [7, 11) is 0. The Labute approximate surface area is 161 Å². The number of carbonyl (C=O) groups is 1. The molecule has 0 aliphatic carbocycles. The summed E-state index contributed by atoms with van der Waals surface area (Å²) >= 11 is 1.39. The largest absolute Gasteiger partial charge is 0.350 e. The summed E-state index contributed by atoms with van der Waals surface area (Å²) < 4.78 is 1.35. The van der Waals surface area contributed by atoms with E-state index in [4.69, 9.17) is 0 Å². The second-order valence-electron chi connectivity index (χ2n) is 6.16. The molecule has 27 heavy (non-hydrogen) atoms. The molecule has 2 aromatic carbocycles. The van der Waals surface area contributed by atoms with Crippen molar-refractivity contribution in [3.8, 4) is 11.4 Å². The highest BCUT2D eigenvalue weighted by molar-refractivity contribution is 7.12. The van der Waals surface area contributed by atoms with Gasteiger partial charge in [-0.3, -0.25) is 4.79 Å². The topological polar surface area (TPSA) is 59.8 Å². The quantitative estimate of drug-likeness (QED) is 0.554. The van der Waals surface area contributed by atoms with Crippen molar-refractivity contribution in [2.24, 2.45) is 0 Å². The number of nitrogens with zero attached hydrogens (tertiary/aromatic N) is 3. The van der Waals surface area contributed by atoms with Gasteiger partial charge in [0.05, 0.1) is 4.88 Å². The van der Waals surface area contributed by atoms with E-state index in [1.54, 1.807) is 6.07 Å². The zero-order valence-electron chi connectivity index (χ0n) is 14.8. The Bertz CT molecular complexity index is 1040. The van der Waals surface area contributed by atoms with Crippen LogP contribution in [0, 0.1) is 6.92 Å². The third-order valence-electron chi connectivity index (χ3n) is 4.13. The monoisotopic (exact) mass is 374 g/mol. The molecule has 2 heterocycles. The van der Waals surface area contributed by atoms with Crippen LogP contribution in [-0.2, 0) is 6.54 Å². The Morgan fingerprint density at radius 1 is 1.04 bits per heavy atom. The second kappa shape index (κ2) is 7.55. The summed E-state index contributed by atoms with van der Waals surface area (Å²) in [5, 5.41) is 9.60. The van der Waals surface area contributed by atoms with Crippen LogP contribution in [0.15, 0.2) is 72.1 Å². The van der Waals surface area contributed by atoms with Gasteiger partial charge < -0.3 is 5.32 Å². The van der Waals surface area contributed by atoms with Crippen LogP contribution in [0.5, 0.6) is 0 Å². The summed E-state index contributed by atoms with van der Waals surface area (Å²) in [6, 6.07) is 21.6. The van der Waals surface area contributed by atoms with E-state index < -0.39 is 0 Å². The van der Waals surface area contributed by atoms with E-state index in [9.17, 15) is 4.79 Å². The van der Waals surface area contributed by atoms with Gasteiger partial charge in [0, 0.05) is 12.1 Å². The van der Waals surface area contributed by atoms with Crippen molar-refractivity contribution in [3.63, 3.8) is 0 Å². The molecule has 0 bridgehead atoms. The molecule has 0 saturated carbocycles. The van der Waals surface area contributed by atoms with Gasteiger partial charge >= 0.3 is 0 Å². The first kappa shape index (κ1) is 17.2. The number of aromatic nitrogens is 3. The van der Waals surface area contributed by atoms with Gasteiger partial charge in [0.25, 0.3) is 5.91 Å². The highest BCUT2D eigenvalue weighted by Crippen LogP contribution is 2.21. The maximum absolute atomic E-state index is 12.9. The van der Waals surface area contributed by atoms with Crippen LogP contribution >= 0.6 is 11.3 Å². The molecule has 0 unspecified atom stereocenters. The van der Waals surface area contributed by atoms with Gasteiger partial charge in [0.2, 0.25) is 5.95 Å². The van der Waals surface area contributed by atoms with Crippen LogP contribution in [0.2, 0.25) is 0 Å². The molecule has 134 valence electrons. The number of hydrogen-bond donors (Lipinski definition) is 1. The minimum atomic E-state index is -0.188. The summed E-state index contributed by atoms with van der Waals surface area (Å²) in [6.45, 7) is 2.59. The number of anilines is 1. The molecule has 6 heteroatoms. The Morgan fingerprint density at radius 3 is 2.52 bits per heavy atom. The van der Waals surface area contributed by atoms with Gasteiger partial charge in [0.15, 0.2) is 5.82 Å². The van der Waals surface area contributed by atoms with E-state index in [2.05, 4.69) is 15.4 Å². The zero-order valence-corrected chi connectivity index (χ0v) is 15.6. The minimum Gasteiger partial charge on any atom is -0.350 e. The van der Waals surface area contributed by atoms with E-state index in [0.717, 1.165) is 16.7 Å². The lowest BCUT2D eigenvalue weighted by Gasteiger charge is -2.06. The average molecular weight is 374 g/mol. The first-order valence-electron chi connectivity index (χ1n) is 8.61. The smallest absolute Gasteiger partial charge is 0.291 e. The number of aryl methyl sites for hydroxylation is 1. The lowest BCUT2D eigenvalue weighted by molar-refractivity contribution is 0.0951. The molecule has 2 aromatic heterocycles. The Hall–Kier alpha value is -3.25. The number of rotatable bonds is 5. The number of carbonyl (C=O) groups excluding carboxylic acids is 1. The lowest BCUT2D eigenvalue weighted by Crippen LogP contribution is -2.16. The third-order valence-corrected chi connectivity index (χ3v) is 4.99. The number of thiophene rings is 1. The Kier molecular flexibility index (Phi) is 4.80. The van der Waals surface area contributed by atoms with Crippen LogP contribution in [0.1, 0.15) is 20.8 Å². The Morgan fingerprint density at radius 2 is 1.81 bits per heavy atom. The highest BCUT2D eigenvalue weighted by atomic mass is 32.1. The van der Waals surface area contributed by atoms with Crippen LogP contribution in [0.4, 0.5) is 5.95 Å². The Balaban J connectivity index is 1.68. The number of hydrogen-bond acceptors (Lipinski definition) is 5. The van der Waals surface area contributed by atoms with Gasteiger partial charge in [-0.2, -0.15) is 9.67 Å². The predicted octanol–water partition coefficient (Wildman–Crippen LogP) is 4.62. The van der Waals surface area contributed by atoms with Gasteiger partial charge in [0.1, 0.15) is 0 Å². The van der Waals surface area contributed by atoms with Crippen molar-refractivity contribution in [3.05, 3.63) is 88.1 Å². The predicted molar refractivity (Wildman–Crippen MR) is 108 cm³/mol. The van der Waals surface area contributed by atoms with E-state index in [1.807, 2.05) is 73.0 Å². The molecule has 4 aromatic rings. The van der Waals surface area contributed by atoms with Crippen LogP contribution in [0.3, 0.4) is 0 Å². The van der Waals surface area contributed by atoms with Crippen molar-refractivity contribution in [1.29, 1.82) is 0 Å². The van der Waals surface area contributed by atoms with Crippen molar-refractivity contribution in [2.75, 3.05) is 5.32 Å². The van der Waals surface area contributed by atoms with Gasteiger partial charge in [-0.1, -0.05) is 66.2 Å². The van der Waals surface area contributed by atoms with Crippen molar-refractivity contribution >= 4 is 23.2 Å². The molecule has 0 saturated heterocycles. The number of benzene rings is 2. The van der Waals surface area contributed by atoms with Crippen molar-refractivity contribution in [1.82, 2.24) is 14.8 Å². The molecular formula is C21H18N4OS. The van der Waals surface area contributed by atoms with Gasteiger partial charge in [-0.05, 0) is 23.9 Å². The summed E-state index contributed by atoms with van der Waals surface area (Å²) in [5.41, 5.74) is 3.14. The van der Waals surface area contributed by atoms with Crippen LogP contribution < -0.4 is 5.32 Å². The molecule has 0 fully saturated rings. The highest BCUT2D eigenvalue weighted by Gasteiger charge is 2.19. The maximum atomic E-state index is 12.9. The molecule has 1 N–H and O–H groups in total. The van der Waals surface area contributed by atoms with E-state index >= 15 is 0 Å². The molecule has 4 rings (SSSR count). The van der Waals surface area contributed by atoms with E-state index in [1.165, 1.54) is 16.0 Å². The van der Waals surface area contributed by atoms with Crippen molar-refractivity contribution in [2.45, 2.75) is 13.5 Å². The third kappa shape index (κ3) is 3.80. The molecular weight excluding hydrogens is 356 g/mol. The number of nitrogens with one attached hydrogen (secondary N) is 1. The molecule has 0 aliphatic rings. The second-order valence-corrected chi connectivity index (χ2v) is 7.11. The fraction of sp³-hybridized carbons (Fsp3) is 0.0952. The van der Waals surface area contributed by atoms with Crippen molar-refractivity contribution < 1.29 is 4.79 Å². The van der Waals surface area contributed by atoms with Gasteiger partial charge in [-0.25, -0.2) is 0 Å². The average Bonchev–Trinajstić information content (AvgIpc) is 3.37. The maximum Gasteiger partial charge on any atom is 0.291 e. The molecule has 0 radical (unpaired) electrons. The normalized spacial score (nSPS) is 10.7. The molecule has 0 amide bonds. The fourth-order valence-electron chi connectivity index (χ4n) is 2.67. The summed E-state index contributed by atoms with van der Waals surface area (Å²) in [4.78, 5) is 18.1. The standard InChI is InChI=1S/C21H18N4OS/c1-15-9-11-17(12-10-15)19-23-21(22-14-16-6-3-2-4-7-16)25(24-19)20(26)18-8-5-13-27-18/h2-13H,14H2,1H3,(H,22,23,24). The molecule has 0 atom stereocenters. The molecule has 0 spiro atoms. The zero-order chi connectivity index (χ0) is 18.6. The summed E-state index contributed by atoms with van der Waals surface area (Å²) in [5.74, 6) is 0.773. The summed E-state index contributed by atoms with van der Waals surface area (Å²) in [6.07, 6.45) is 0. The lowest BCUT2D eigenvalue weighted by atomic mass is 10.1. The minimum absolute atomic E-state index is 0.188. The van der Waals surface area contributed by atoms with E-state index in [0.29, 0.717) is 23.2 Å². The first-order chi connectivity index (χ1) is 13.2. The SMILES string of the molecule is Cc1ccc(-c2nc(NCc3ccccc3)n(C(=O)c3cccs3)n2)cc1. The fourth-order valence-corrected chi connectivity index (χ4v) is 3.32.